The molecule has 0 saturated heterocycles. The first-order chi connectivity index (χ1) is 9.30. The maximum Gasteiger partial charge on any atom is 0.306 e. The lowest BCUT2D eigenvalue weighted by Crippen LogP contribution is -2.51. The minimum Gasteiger partial charge on any atom is -0.481 e. The van der Waals surface area contributed by atoms with Crippen molar-refractivity contribution in [1.29, 1.82) is 0 Å². The second-order valence-electron chi connectivity index (χ2n) is 5.81. The smallest absolute Gasteiger partial charge is 0.306 e. The van der Waals surface area contributed by atoms with Gasteiger partial charge in [-0.05, 0) is 44.4 Å². The summed E-state index contributed by atoms with van der Waals surface area (Å²) in [6.45, 7) is 3.75. The summed E-state index contributed by atoms with van der Waals surface area (Å²) < 4.78 is 0.973. The van der Waals surface area contributed by atoms with Gasteiger partial charge in [0.15, 0.2) is 0 Å². The van der Waals surface area contributed by atoms with Crippen LogP contribution in [0.1, 0.15) is 32.3 Å². The third-order valence-corrected chi connectivity index (χ3v) is 4.48. The standard InChI is InChI=1S/C15H18BrNO3/c1-15(2,10-3-5-11(16)6-4-10)14(20)17-12-7-9(8-12)13(18)19/h3-6,9,12H,7-8H2,1-2H3,(H,17,20)(H,18,19). The fourth-order valence-corrected chi connectivity index (χ4v) is 2.57. The van der Waals surface area contributed by atoms with Gasteiger partial charge in [0.2, 0.25) is 5.91 Å². The topological polar surface area (TPSA) is 66.4 Å². The van der Waals surface area contributed by atoms with Crippen LogP contribution < -0.4 is 5.32 Å². The molecule has 0 aliphatic heterocycles. The maximum atomic E-state index is 12.4. The third-order valence-electron chi connectivity index (χ3n) is 3.96. The number of aliphatic carboxylic acids is 1. The number of hydrogen-bond donors (Lipinski definition) is 2. The van der Waals surface area contributed by atoms with Gasteiger partial charge >= 0.3 is 5.97 Å². The van der Waals surface area contributed by atoms with Crippen LogP contribution in [0.2, 0.25) is 0 Å². The highest BCUT2D eigenvalue weighted by atomic mass is 79.9. The van der Waals surface area contributed by atoms with Gasteiger partial charge in [-0.1, -0.05) is 28.1 Å². The van der Waals surface area contributed by atoms with E-state index in [4.69, 9.17) is 5.11 Å². The van der Waals surface area contributed by atoms with Crippen molar-refractivity contribution in [2.45, 2.75) is 38.1 Å². The Morgan fingerprint density at radius 2 is 1.80 bits per heavy atom. The van der Waals surface area contributed by atoms with E-state index in [-0.39, 0.29) is 17.9 Å². The summed E-state index contributed by atoms with van der Waals surface area (Å²) >= 11 is 3.37. The fraction of sp³-hybridized carbons (Fsp3) is 0.467. The molecule has 20 heavy (non-hydrogen) atoms. The molecule has 2 N–H and O–H groups in total. The Labute approximate surface area is 126 Å². The average molecular weight is 340 g/mol. The Hall–Kier alpha value is -1.36. The van der Waals surface area contributed by atoms with Gasteiger partial charge in [0.05, 0.1) is 11.3 Å². The van der Waals surface area contributed by atoms with E-state index in [0.29, 0.717) is 12.8 Å². The first-order valence-corrected chi connectivity index (χ1v) is 7.40. The SMILES string of the molecule is CC(C)(C(=O)NC1CC(C(=O)O)C1)c1ccc(Br)cc1. The van der Waals surface area contributed by atoms with E-state index in [9.17, 15) is 9.59 Å². The van der Waals surface area contributed by atoms with E-state index in [0.717, 1.165) is 10.0 Å². The van der Waals surface area contributed by atoms with Crippen LogP contribution in [0.25, 0.3) is 0 Å². The highest BCUT2D eigenvalue weighted by Gasteiger charge is 2.38. The Bertz CT molecular complexity index is 518. The van der Waals surface area contributed by atoms with Crippen molar-refractivity contribution in [3.8, 4) is 0 Å². The number of carboxylic acids is 1. The molecule has 1 fully saturated rings. The molecule has 1 saturated carbocycles. The molecule has 1 aromatic carbocycles. The third kappa shape index (κ3) is 3.03. The molecule has 4 nitrogen and oxygen atoms in total. The van der Waals surface area contributed by atoms with E-state index >= 15 is 0 Å². The van der Waals surface area contributed by atoms with E-state index < -0.39 is 11.4 Å². The molecule has 1 aliphatic carbocycles. The second kappa shape index (κ2) is 5.56. The molecule has 0 heterocycles. The number of hydrogen-bond acceptors (Lipinski definition) is 2. The van der Waals surface area contributed by atoms with Crippen LogP contribution in [0, 0.1) is 5.92 Å². The number of amides is 1. The number of carboxylic acid groups (broad SMARTS) is 1. The predicted octanol–water partition coefficient (Wildman–Crippen LogP) is 2.71. The summed E-state index contributed by atoms with van der Waals surface area (Å²) in [4.78, 5) is 23.1. The lowest BCUT2D eigenvalue weighted by Gasteiger charge is -2.35. The number of halogens is 1. The molecule has 0 atom stereocenters. The molecular weight excluding hydrogens is 322 g/mol. The molecule has 0 radical (unpaired) electrons. The van der Waals surface area contributed by atoms with Crippen LogP contribution in [0.15, 0.2) is 28.7 Å². The Morgan fingerprint density at radius 1 is 1.25 bits per heavy atom. The van der Waals surface area contributed by atoms with E-state index in [1.54, 1.807) is 0 Å². The van der Waals surface area contributed by atoms with Gasteiger partial charge in [-0.15, -0.1) is 0 Å². The molecule has 0 bridgehead atoms. The lowest BCUT2D eigenvalue weighted by atomic mass is 9.78. The summed E-state index contributed by atoms with van der Waals surface area (Å²) in [5, 5.41) is 11.8. The summed E-state index contributed by atoms with van der Waals surface area (Å²) in [5.41, 5.74) is 0.307. The molecule has 1 aliphatic rings. The van der Waals surface area contributed by atoms with Crippen molar-refractivity contribution < 1.29 is 14.7 Å². The van der Waals surface area contributed by atoms with E-state index in [1.165, 1.54) is 0 Å². The quantitative estimate of drug-likeness (QED) is 0.886. The lowest BCUT2D eigenvalue weighted by molar-refractivity contribution is -0.146. The Morgan fingerprint density at radius 3 is 2.30 bits per heavy atom. The van der Waals surface area contributed by atoms with Crippen LogP contribution >= 0.6 is 15.9 Å². The minimum atomic E-state index is -0.775. The van der Waals surface area contributed by atoms with Crippen molar-refractivity contribution in [2.75, 3.05) is 0 Å². The summed E-state index contributed by atoms with van der Waals surface area (Å²) in [5.74, 6) is -1.15. The van der Waals surface area contributed by atoms with Crippen LogP contribution in [-0.4, -0.2) is 23.0 Å². The summed E-state index contributed by atoms with van der Waals surface area (Å²) in [6, 6.07) is 7.65. The van der Waals surface area contributed by atoms with Gasteiger partial charge in [0, 0.05) is 10.5 Å². The molecule has 2 rings (SSSR count). The zero-order chi connectivity index (χ0) is 14.9. The zero-order valence-corrected chi connectivity index (χ0v) is 13.1. The number of nitrogens with one attached hydrogen (secondary N) is 1. The molecular formula is C15H18BrNO3. The van der Waals surface area contributed by atoms with Gasteiger partial charge in [0.25, 0.3) is 0 Å². The molecule has 1 amide bonds. The van der Waals surface area contributed by atoms with Gasteiger partial charge in [-0.3, -0.25) is 9.59 Å². The monoisotopic (exact) mass is 339 g/mol. The molecule has 0 aromatic heterocycles. The first-order valence-electron chi connectivity index (χ1n) is 6.60. The van der Waals surface area contributed by atoms with Crippen molar-refractivity contribution >= 4 is 27.8 Å². The molecule has 108 valence electrons. The van der Waals surface area contributed by atoms with Crippen LogP contribution in [0.5, 0.6) is 0 Å². The molecule has 1 aromatic rings. The molecule has 0 spiro atoms. The van der Waals surface area contributed by atoms with Crippen molar-refractivity contribution in [2.24, 2.45) is 5.92 Å². The molecule has 5 heteroatoms. The van der Waals surface area contributed by atoms with E-state index in [1.807, 2.05) is 38.1 Å². The van der Waals surface area contributed by atoms with Crippen molar-refractivity contribution in [3.63, 3.8) is 0 Å². The number of carbonyl (C=O) groups excluding carboxylic acids is 1. The maximum absolute atomic E-state index is 12.4. The zero-order valence-electron chi connectivity index (χ0n) is 11.5. The highest BCUT2D eigenvalue weighted by molar-refractivity contribution is 9.10. The second-order valence-corrected chi connectivity index (χ2v) is 6.72. The van der Waals surface area contributed by atoms with E-state index in [2.05, 4.69) is 21.2 Å². The highest BCUT2D eigenvalue weighted by Crippen LogP contribution is 2.30. The predicted molar refractivity (Wildman–Crippen MR) is 79.5 cm³/mol. The molecule has 0 unspecified atom stereocenters. The van der Waals surface area contributed by atoms with Crippen molar-refractivity contribution in [1.82, 2.24) is 5.32 Å². The van der Waals surface area contributed by atoms with Gasteiger partial charge in [0.1, 0.15) is 0 Å². The normalized spacial score (nSPS) is 21.9. The Balaban J connectivity index is 1.98. The van der Waals surface area contributed by atoms with Crippen molar-refractivity contribution in [3.05, 3.63) is 34.3 Å². The number of rotatable bonds is 4. The van der Waals surface area contributed by atoms with Crippen LogP contribution in [-0.2, 0) is 15.0 Å². The minimum absolute atomic E-state index is 0.0154. The Kier molecular flexibility index (Phi) is 4.18. The number of benzene rings is 1. The number of carbonyl (C=O) groups is 2. The summed E-state index contributed by atoms with van der Waals surface area (Å²) in [7, 11) is 0. The van der Waals surface area contributed by atoms with Gasteiger partial charge in [-0.2, -0.15) is 0 Å². The first kappa shape index (κ1) is 15.0. The van der Waals surface area contributed by atoms with Crippen LogP contribution in [0.4, 0.5) is 0 Å². The summed E-state index contributed by atoms with van der Waals surface area (Å²) in [6.07, 6.45) is 1.05. The largest absolute Gasteiger partial charge is 0.481 e. The van der Waals surface area contributed by atoms with Crippen LogP contribution in [0.3, 0.4) is 0 Å². The van der Waals surface area contributed by atoms with Gasteiger partial charge < -0.3 is 10.4 Å². The van der Waals surface area contributed by atoms with Gasteiger partial charge in [-0.25, -0.2) is 0 Å². The fourth-order valence-electron chi connectivity index (χ4n) is 2.30. The average Bonchev–Trinajstić information content (AvgIpc) is 2.32.